The normalized spacial score (nSPS) is 11.5. The van der Waals surface area contributed by atoms with Crippen LogP contribution >= 0.6 is 0 Å². The van der Waals surface area contributed by atoms with Gasteiger partial charge in [0, 0.05) is 13.1 Å². The van der Waals surface area contributed by atoms with Gasteiger partial charge >= 0.3 is 12.1 Å². The largest absolute Gasteiger partial charge is 0.464 e. The number of aromatic nitrogens is 2. The first-order valence-electron chi connectivity index (χ1n) is 3.56. The van der Waals surface area contributed by atoms with Crippen molar-refractivity contribution in [3.05, 3.63) is 17.5 Å². The number of aryl methyl sites for hydroxylation is 1. The maximum atomic E-state index is 12.1. The quantitative estimate of drug-likeness (QED) is 0.652. The van der Waals surface area contributed by atoms with Gasteiger partial charge in [-0.3, -0.25) is 4.68 Å². The summed E-state index contributed by atoms with van der Waals surface area (Å²) in [5.41, 5.74) is -1.35. The Balaban J connectivity index is 3.12. The summed E-state index contributed by atoms with van der Waals surface area (Å²) in [5, 5.41) is 3.14. The van der Waals surface area contributed by atoms with Gasteiger partial charge in [-0.1, -0.05) is 0 Å². The van der Waals surface area contributed by atoms with Crippen LogP contribution in [0.15, 0.2) is 6.07 Å². The first-order chi connectivity index (χ1) is 6.36. The van der Waals surface area contributed by atoms with Crippen molar-refractivity contribution < 1.29 is 22.7 Å². The van der Waals surface area contributed by atoms with Crippen molar-refractivity contribution in [3.8, 4) is 0 Å². The highest BCUT2D eigenvalue weighted by atomic mass is 19.4. The minimum Gasteiger partial charge on any atom is -0.464 e. The highest BCUT2D eigenvalue weighted by Crippen LogP contribution is 2.28. The van der Waals surface area contributed by atoms with Gasteiger partial charge in [-0.25, -0.2) is 4.79 Å². The number of esters is 1. The molecular formula is C7H7F3N2O2. The van der Waals surface area contributed by atoms with Gasteiger partial charge in [-0.2, -0.15) is 18.3 Å². The topological polar surface area (TPSA) is 44.1 Å². The van der Waals surface area contributed by atoms with E-state index in [9.17, 15) is 18.0 Å². The van der Waals surface area contributed by atoms with Crippen molar-refractivity contribution in [3.63, 3.8) is 0 Å². The lowest BCUT2D eigenvalue weighted by molar-refractivity contribution is -0.141. The first kappa shape index (κ1) is 10.6. The molecular weight excluding hydrogens is 201 g/mol. The van der Waals surface area contributed by atoms with Gasteiger partial charge in [0.2, 0.25) is 0 Å². The van der Waals surface area contributed by atoms with E-state index in [-0.39, 0.29) is 5.69 Å². The highest BCUT2D eigenvalue weighted by molar-refractivity contribution is 5.87. The van der Waals surface area contributed by atoms with Crippen LogP contribution in [0.2, 0.25) is 0 Å². The van der Waals surface area contributed by atoms with E-state index in [2.05, 4.69) is 9.84 Å². The second kappa shape index (κ2) is 3.32. The zero-order valence-corrected chi connectivity index (χ0v) is 7.42. The van der Waals surface area contributed by atoms with E-state index in [1.165, 1.54) is 7.05 Å². The van der Waals surface area contributed by atoms with Gasteiger partial charge in [0.1, 0.15) is 5.69 Å². The average molecular weight is 208 g/mol. The van der Waals surface area contributed by atoms with Crippen LogP contribution in [0.5, 0.6) is 0 Å². The van der Waals surface area contributed by atoms with E-state index >= 15 is 0 Å². The van der Waals surface area contributed by atoms with Crippen molar-refractivity contribution in [2.75, 3.05) is 7.11 Å². The minimum absolute atomic E-state index is 0.236. The molecule has 0 saturated heterocycles. The van der Waals surface area contributed by atoms with E-state index < -0.39 is 17.8 Å². The van der Waals surface area contributed by atoms with Crippen LogP contribution in [0, 0.1) is 0 Å². The lowest BCUT2D eigenvalue weighted by atomic mass is 10.3. The smallest absolute Gasteiger partial charge is 0.435 e. The highest BCUT2D eigenvalue weighted by Gasteiger charge is 2.35. The van der Waals surface area contributed by atoms with Crippen LogP contribution in [0.1, 0.15) is 16.2 Å². The molecule has 78 valence electrons. The molecule has 0 aliphatic heterocycles. The molecule has 1 aromatic heterocycles. The maximum absolute atomic E-state index is 12.1. The monoisotopic (exact) mass is 208 g/mol. The molecule has 7 heteroatoms. The number of carbonyl (C=O) groups is 1. The fraction of sp³-hybridized carbons (Fsp3) is 0.429. The van der Waals surface area contributed by atoms with Crippen molar-refractivity contribution in [1.82, 2.24) is 9.78 Å². The van der Waals surface area contributed by atoms with Crippen LogP contribution in [0.25, 0.3) is 0 Å². The summed E-state index contributed by atoms with van der Waals surface area (Å²) >= 11 is 0. The molecule has 14 heavy (non-hydrogen) atoms. The third-order valence-electron chi connectivity index (χ3n) is 1.56. The fourth-order valence-corrected chi connectivity index (χ4v) is 0.901. The van der Waals surface area contributed by atoms with E-state index in [0.29, 0.717) is 6.07 Å². The zero-order chi connectivity index (χ0) is 10.9. The number of methoxy groups -OCH3 is 1. The predicted molar refractivity (Wildman–Crippen MR) is 39.5 cm³/mol. The van der Waals surface area contributed by atoms with Gasteiger partial charge in [0.25, 0.3) is 0 Å². The number of hydrogen-bond acceptors (Lipinski definition) is 3. The molecule has 1 heterocycles. The Morgan fingerprint density at radius 3 is 2.50 bits per heavy atom. The second-order valence-electron chi connectivity index (χ2n) is 2.53. The van der Waals surface area contributed by atoms with Gasteiger partial charge < -0.3 is 4.74 Å². The van der Waals surface area contributed by atoms with Gasteiger partial charge in [-0.15, -0.1) is 0 Å². The number of carbonyl (C=O) groups excluding carboxylic acids is 1. The number of nitrogens with zero attached hydrogens (tertiary/aromatic N) is 2. The number of halogens is 3. The third kappa shape index (κ3) is 1.86. The Labute approximate surface area is 77.3 Å². The summed E-state index contributed by atoms with van der Waals surface area (Å²) in [7, 11) is 2.32. The Kier molecular flexibility index (Phi) is 2.50. The zero-order valence-electron chi connectivity index (χ0n) is 7.42. The lowest BCUT2D eigenvalue weighted by Gasteiger charge is -1.98. The molecule has 0 amide bonds. The second-order valence-corrected chi connectivity index (χ2v) is 2.53. The van der Waals surface area contributed by atoms with Gasteiger partial charge in [-0.05, 0) is 0 Å². The van der Waals surface area contributed by atoms with Gasteiger partial charge in [0.05, 0.1) is 7.11 Å². The van der Waals surface area contributed by atoms with Gasteiger partial charge in [0.15, 0.2) is 5.69 Å². The van der Waals surface area contributed by atoms with Crippen LogP contribution in [0.4, 0.5) is 13.2 Å². The van der Waals surface area contributed by atoms with Crippen LogP contribution < -0.4 is 0 Å². The molecule has 0 bridgehead atoms. The SMILES string of the molecule is COC(=O)c1cc(C(F)(F)F)nn1C. The summed E-state index contributed by atoms with van der Waals surface area (Å²) in [5.74, 6) is -0.851. The molecule has 0 aliphatic rings. The molecule has 0 N–H and O–H groups in total. The van der Waals surface area contributed by atoms with Crippen molar-refractivity contribution in [1.29, 1.82) is 0 Å². The van der Waals surface area contributed by atoms with Crippen LogP contribution in [-0.4, -0.2) is 22.9 Å². The van der Waals surface area contributed by atoms with Crippen molar-refractivity contribution >= 4 is 5.97 Å². The number of hydrogen-bond donors (Lipinski definition) is 0. The number of rotatable bonds is 1. The fourth-order valence-electron chi connectivity index (χ4n) is 0.901. The van der Waals surface area contributed by atoms with E-state index in [1.807, 2.05) is 0 Å². The Morgan fingerprint density at radius 1 is 1.57 bits per heavy atom. The molecule has 0 saturated carbocycles. The molecule has 0 spiro atoms. The molecule has 0 atom stereocenters. The van der Waals surface area contributed by atoms with Crippen LogP contribution in [0.3, 0.4) is 0 Å². The summed E-state index contributed by atoms with van der Waals surface area (Å²) in [6.07, 6.45) is -4.55. The molecule has 0 fully saturated rings. The minimum atomic E-state index is -4.55. The van der Waals surface area contributed by atoms with E-state index in [4.69, 9.17) is 0 Å². The lowest BCUT2D eigenvalue weighted by Crippen LogP contribution is -2.08. The summed E-state index contributed by atoms with van der Waals surface area (Å²) in [6.45, 7) is 0. The molecule has 1 aromatic rings. The molecule has 0 unspecified atom stereocenters. The number of alkyl halides is 3. The van der Waals surface area contributed by atoms with E-state index in [1.54, 1.807) is 0 Å². The average Bonchev–Trinajstić information content (AvgIpc) is 2.45. The third-order valence-corrected chi connectivity index (χ3v) is 1.56. The molecule has 0 aromatic carbocycles. The Hall–Kier alpha value is -1.53. The molecule has 1 rings (SSSR count). The molecule has 4 nitrogen and oxygen atoms in total. The predicted octanol–water partition coefficient (Wildman–Crippen LogP) is 1.23. The summed E-state index contributed by atoms with van der Waals surface area (Å²) < 4.78 is 41.5. The molecule has 0 aliphatic carbocycles. The van der Waals surface area contributed by atoms with E-state index in [0.717, 1.165) is 11.8 Å². The van der Waals surface area contributed by atoms with Crippen molar-refractivity contribution in [2.45, 2.75) is 6.18 Å². The van der Waals surface area contributed by atoms with Crippen molar-refractivity contribution in [2.24, 2.45) is 7.05 Å². The Morgan fingerprint density at radius 2 is 2.14 bits per heavy atom. The summed E-state index contributed by atoms with van der Waals surface area (Å²) in [6, 6.07) is 0.645. The summed E-state index contributed by atoms with van der Waals surface area (Å²) in [4.78, 5) is 10.9. The van der Waals surface area contributed by atoms with Crippen LogP contribution in [-0.2, 0) is 18.0 Å². The maximum Gasteiger partial charge on any atom is 0.435 e. The first-order valence-corrected chi connectivity index (χ1v) is 3.56. The molecule has 0 radical (unpaired) electrons. The Bertz CT molecular complexity index is 356. The standard InChI is InChI=1S/C7H7F3N2O2/c1-12-4(6(13)14-2)3-5(11-12)7(8,9)10/h3H,1-2H3. The number of ether oxygens (including phenoxy) is 1.